The molecular formula is C21H43NO2P+. The number of carbonyl (C=O) groups excluding carboxylic acids is 1. The minimum absolute atomic E-state index is 0.0452. The van der Waals surface area contributed by atoms with E-state index in [0.717, 1.165) is 17.4 Å². The van der Waals surface area contributed by atoms with E-state index in [2.05, 4.69) is 40.2 Å². The summed E-state index contributed by atoms with van der Waals surface area (Å²) >= 11 is 0. The molecule has 0 aliphatic rings. The maximum Gasteiger partial charge on any atom is 0.178 e. The minimum Gasteiger partial charge on any atom is -0.349 e. The summed E-state index contributed by atoms with van der Waals surface area (Å²) in [5, 5.41) is 0. The molecule has 0 saturated carbocycles. The van der Waals surface area contributed by atoms with Gasteiger partial charge in [-0.2, -0.15) is 0 Å². The molecule has 0 aliphatic heterocycles. The largest absolute Gasteiger partial charge is 0.349 e. The molecule has 0 fully saturated rings. The molecule has 0 aromatic heterocycles. The van der Waals surface area contributed by atoms with Gasteiger partial charge in [0.05, 0.1) is 30.0 Å². The molecule has 3 nitrogen and oxygen atoms in total. The van der Waals surface area contributed by atoms with Gasteiger partial charge in [-0.25, -0.2) is 0 Å². The van der Waals surface area contributed by atoms with Crippen molar-refractivity contribution in [1.82, 2.24) is 0 Å². The molecule has 0 saturated heterocycles. The molecule has 0 aromatic carbocycles. The van der Waals surface area contributed by atoms with Gasteiger partial charge in [0.2, 0.25) is 0 Å². The van der Waals surface area contributed by atoms with E-state index >= 15 is 0 Å². The standard InChI is InChI=1S/C21H43NO2P/c1-5-6-7-8-9-10-11-12-13-14-15-16-17-18-21(23)25-24-20-19-22(2,3)4/h10-11,25H,5-9,12-20H2,1-4H3/q+1/b11-10-. The van der Waals surface area contributed by atoms with E-state index in [1.807, 2.05) is 0 Å². The number of hydrogen-bond acceptors (Lipinski definition) is 2. The minimum atomic E-state index is 0.0452. The molecule has 0 heterocycles. The van der Waals surface area contributed by atoms with Gasteiger partial charge in [-0.1, -0.05) is 57.6 Å². The van der Waals surface area contributed by atoms with Crippen LogP contribution in [-0.4, -0.2) is 44.3 Å². The average molecular weight is 373 g/mol. The quantitative estimate of drug-likeness (QED) is 0.126. The first-order valence-corrected chi connectivity index (χ1v) is 11.2. The lowest BCUT2D eigenvalue weighted by Gasteiger charge is -2.23. The van der Waals surface area contributed by atoms with E-state index < -0.39 is 0 Å². The summed E-state index contributed by atoms with van der Waals surface area (Å²) in [5.41, 5.74) is 0.285. The Kier molecular flexibility index (Phi) is 17.0. The van der Waals surface area contributed by atoms with Gasteiger partial charge in [0, 0.05) is 6.42 Å². The highest BCUT2D eigenvalue weighted by atomic mass is 31.1. The Morgan fingerprint density at radius 1 is 0.880 bits per heavy atom. The van der Waals surface area contributed by atoms with Crippen molar-refractivity contribution in [3.8, 4) is 0 Å². The summed E-state index contributed by atoms with van der Waals surface area (Å²) in [6.45, 7) is 3.89. The third-order valence-corrected chi connectivity index (χ3v) is 5.04. The van der Waals surface area contributed by atoms with Crippen LogP contribution in [0.4, 0.5) is 0 Å². The van der Waals surface area contributed by atoms with Crippen LogP contribution in [0.2, 0.25) is 0 Å². The van der Waals surface area contributed by atoms with Gasteiger partial charge in [-0.15, -0.1) is 0 Å². The molecule has 0 spiro atoms. The summed E-state index contributed by atoms with van der Waals surface area (Å²) in [5.74, 6) is 0. The average Bonchev–Trinajstić information content (AvgIpc) is 2.55. The van der Waals surface area contributed by atoms with Crippen LogP contribution in [-0.2, 0) is 9.32 Å². The number of carbonyl (C=O) groups is 1. The van der Waals surface area contributed by atoms with E-state index in [-0.39, 0.29) is 14.3 Å². The summed E-state index contributed by atoms with van der Waals surface area (Å²) < 4.78 is 6.37. The van der Waals surface area contributed by atoms with Crippen molar-refractivity contribution in [1.29, 1.82) is 0 Å². The molecule has 0 N–H and O–H groups in total. The highest BCUT2D eigenvalue weighted by Gasteiger charge is 2.07. The monoisotopic (exact) mass is 372 g/mol. The smallest absolute Gasteiger partial charge is 0.178 e. The fraction of sp³-hybridized carbons (Fsp3) is 0.857. The SMILES string of the molecule is CCCCCC/C=C\CCCCCCCC(=O)POCC[N+](C)(C)C. The lowest BCUT2D eigenvalue weighted by molar-refractivity contribution is -0.870. The summed E-state index contributed by atoms with van der Waals surface area (Å²) in [6.07, 6.45) is 19.3. The Balaban J connectivity index is 3.27. The molecule has 0 rings (SSSR count). The van der Waals surface area contributed by atoms with Gasteiger partial charge in [-0.3, -0.25) is 4.79 Å². The lowest BCUT2D eigenvalue weighted by atomic mass is 10.1. The van der Waals surface area contributed by atoms with Crippen molar-refractivity contribution in [2.75, 3.05) is 34.3 Å². The molecular weight excluding hydrogens is 329 g/mol. The first-order chi connectivity index (χ1) is 12.0. The summed E-state index contributed by atoms with van der Waals surface area (Å²) in [6, 6.07) is 0. The Morgan fingerprint density at radius 3 is 2.04 bits per heavy atom. The number of hydrogen-bond donors (Lipinski definition) is 0. The predicted octanol–water partition coefficient (Wildman–Crippen LogP) is 6.09. The van der Waals surface area contributed by atoms with E-state index in [0.29, 0.717) is 13.0 Å². The molecule has 0 bridgehead atoms. The van der Waals surface area contributed by atoms with Crippen LogP contribution in [0, 0.1) is 0 Å². The van der Waals surface area contributed by atoms with Crippen LogP contribution in [0.1, 0.15) is 84.0 Å². The molecule has 4 heteroatoms. The third kappa shape index (κ3) is 21.7. The maximum atomic E-state index is 11.7. The van der Waals surface area contributed by atoms with Crippen molar-refractivity contribution < 1.29 is 13.8 Å². The van der Waals surface area contributed by atoms with Crippen molar-refractivity contribution >= 4 is 14.3 Å². The fourth-order valence-electron chi connectivity index (χ4n) is 2.50. The normalized spacial score (nSPS) is 12.6. The summed E-state index contributed by atoms with van der Waals surface area (Å²) in [4.78, 5) is 11.7. The van der Waals surface area contributed by atoms with Gasteiger partial charge < -0.3 is 9.01 Å². The van der Waals surface area contributed by atoms with Gasteiger partial charge in [0.25, 0.3) is 0 Å². The Hall–Kier alpha value is -0.240. The zero-order chi connectivity index (χ0) is 18.8. The van der Waals surface area contributed by atoms with E-state index in [1.165, 1.54) is 64.2 Å². The van der Waals surface area contributed by atoms with Crippen LogP contribution in [0.15, 0.2) is 12.2 Å². The fourth-order valence-corrected chi connectivity index (χ4v) is 3.14. The van der Waals surface area contributed by atoms with Crippen molar-refractivity contribution in [3.05, 3.63) is 12.2 Å². The number of nitrogens with zero attached hydrogens (tertiary/aromatic N) is 1. The molecule has 0 aromatic rings. The number of likely N-dealkylation sites (N-methyl/N-ethyl adjacent to an activating group) is 1. The van der Waals surface area contributed by atoms with E-state index in [9.17, 15) is 4.79 Å². The maximum absolute atomic E-state index is 11.7. The molecule has 1 atom stereocenters. The van der Waals surface area contributed by atoms with Crippen LogP contribution >= 0.6 is 8.81 Å². The second-order valence-electron chi connectivity index (χ2n) is 8.01. The second-order valence-corrected chi connectivity index (χ2v) is 9.07. The Bertz CT molecular complexity index is 337. The van der Waals surface area contributed by atoms with Gasteiger partial charge in [-0.05, 0) is 32.1 Å². The zero-order valence-electron chi connectivity index (χ0n) is 17.3. The highest BCUT2D eigenvalue weighted by molar-refractivity contribution is 7.53. The Labute approximate surface area is 159 Å². The first-order valence-electron chi connectivity index (χ1n) is 10.3. The number of allylic oxidation sites excluding steroid dienone is 2. The van der Waals surface area contributed by atoms with Gasteiger partial charge in [0.1, 0.15) is 13.2 Å². The molecule has 0 amide bonds. The van der Waals surface area contributed by atoms with E-state index in [1.54, 1.807) is 0 Å². The number of unbranched alkanes of at least 4 members (excludes halogenated alkanes) is 9. The molecule has 1 unspecified atom stereocenters. The lowest BCUT2D eigenvalue weighted by Crippen LogP contribution is -2.37. The predicted molar refractivity (Wildman–Crippen MR) is 112 cm³/mol. The van der Waals surface area contributed by atoms with Gasteiger partial charge in [0.15, 0.2) is 5.52 Å². The topological polar surface area (TPSA) is 26.3 Å². The highest BCUT2D eigenvalue weighted by Crippen LogP contribution is 2.18. The third-order valence-electron chi connectivity index (χ3n) is 4.22. The molecule has 0 aliphatic carbocycles. The number of rotatable bonds is 18. The second kappa shape index (κ2) is 17.2. The van der Waals surface area contributed by atoms with Crippen molar-refractivity contribution in [2.45, 2.75) is 84.0 Å². The van der Waals surface area contributed by atoms with Crippen molar-refractivity contribution in [3.63, 3.8) is 0 Å². The molecule has 148 valence electrons. The van der Waals surface area contributed by atoms with Crippen LogP contribution in [0.3, 0.4) is 0 Å². The first kappa shape index (κ1) is 24.8. The Morgan fingerprint density at radius 2 is 1.44 bits per heavy atom. The van der Waals surface area contributed by atoms with Crippen LogP contribution in [0.5, 0.6) is 0 Å². The van der Waals surface area contributed by atoms with Gasteiger partial charge >= 0.3 is 0 Å². The molecule has 0 radical (unpaired) electrons. The zero-order valence-corrected chi connectivity index (χ0v) is 18.3. The van der Waals surface area contributed by atoms with Crippen LogP contribution in [0.25, 0.3) is 0 Å². The van der Waals surface area contributed by atoms with Crippen molar-refractivity contribution in [2.24, 2.45) is 0 Å². The molecule has 25 heavy (non-hydrogen) atoms. The van der Waals surface area contributed by atoms with Crippen LogP contribution < -0.4 is 0 Å². The number of quaternary nitrogens is 1. The van der Waals surface area contributed by atoms with E-state index in [4.69, 9.17) is 4.52 Å². The summed E-state index contributed by atoms with van der Waals surface area (Å²) in [7, 11) is 6.45.